The minimum atomic E-state index is -0.125. The van der Waals surface area contributed by atoms with E-state index in [9.17, 15) is 19.2 Å². The van der Waals surface area contributed by atoms with Crippen molar-refractivity contribution in [3.05, 3.63) is 411 Å². The Labute approximate surface area is 835 Å². The van der Waals surface area contributed by atoms with Crippen LogP contribution in [-0.4, -0.2) is 63.5 Å². The third kappa shape index (κ3) is 27.5. The number of thiophene rings is 1. The van der Waals surface area contributed by atoms with E-state index in [-0.39, 0.29) is 127 Å². The van der Waals surface area contributed by atoms with Gasteiger partial charge in [0.1, 0.15) is 16.7 Å². The molecule has 0 aliphatic heterocycles. The van der Waals surface area contributed by atoms with Gasteiger partial charge in [0, 0.05) is 150 Å². The van der Waals surface area contributed by atoms with Crippen LogP contribution in [0.15, 0.2) is 389 Å². The van der Waals surface area contributed by atoms with Gasteiger partial charge in [0.15, 0.2) is 23.1 Å². The molecule has 0 spiro atoms. The number of rotatable bonds is 12. The van der Waals surface area contributed by atoms with Crippen molar-refractivity contribution in [3.63, 3.8) is 0 Å². The van der Waals surface area contributed by atoms with E-state index < -0.39 is 0 Å². The van der Waals surface area contributed by atoms with Crippen molar-refractivity contribution in [2.24, 2.45) is 0 Å². The van der Waals surface area contributed by atoms with Crippen molar-refractivity contribution in [1.29, 1.82) is 0 Å². The second kappa shape index (κ2) is 50.2. The number of aliphatic hydroxyl groups is 4. The summed E-state index contributed by atoms with van der Waals surface area (Å²) in [5.41, 5.74) is 24.2. The van der Waals surface area contributed by atoms with Crippen LogP contribution in [0.2, 0.25) is 0 Å². The Bertz CT molecular complexity index is 7250. The van der Waals surface area contributed by atoms with Gasteiger partial charge in [-0.25, -0.2) is 0 Å². The molecule has 134 heavy (non-hydrogen) atoms. The van der Waals surface area contributed by atoms with E-state index in [0.717, 1.165) is 133 Å². The maximum Gasteiger partial charge on any atom is 0.155 e. The Balaban J connectivity index is 0.000000181. The molecule has 4 radical (unpaired) electrons. The number of nitrogens with zero attached hydrogens (tertiary/aromatic N) is 4. The largest absolute Gasteiger partial charge is 0.512 e. The number of para-hydroxylation sites is 3. The Morgan fingerprint density at radius 2 is 0.575 bits per heavy atom. The molecule has 8 heterocycles. The minimum absolute atomic E-state index is 0. The number of hydrogen-bond donors (Lipinski definition) is 4. The number of fused-ring (bicyclic) bond motifs is 12. The molecule has 4 N–H and O–H groups in total. The van der Waals surface area contributed by atoms with Crippen molar-refractivity contribution in [2.75, 3.05) is 0 Å². The molecule has 12 aromatic carbocycles. The quantitative estimate of drug-likeness (QED) is 0.0505. The molecule has 0 bridgehead atoms. The number of hydrogen-bond acceptors (Lipinski definition) is 16. The van der Waals surface area contributed by atoms with Crippen molar-refractivity contribution in [3.8, 4) is 89.5 Å². The van der Waals surface area contributed by atoms with Crippen LogP contribution in [0.4, 0.5) is 0 Å². The number of aryl methyl sites for hydroxylation is 2. The zero-order valence-corrected chi connectivity index (χ0v) is 85.1. The number of aliphatic hydroxyl groups excluding tert-OH is 4. The molecule has 0 aliphatic rings. The molecule has 20 rings (SSSR count). The first-order valence-electron chi connectivity index (χ1n) is 41.8. The van der Waals surface area contributed by atoms with Crippen LogP contribution < -0.4 is 0 Å². The molecule has 0 fully saturated rings. The Kier molecular flexibility index (Phi) is 39.0. The smallest absolute Gasteiger partial charge is 0.155 e. The van der Waals surface area contributed by atoms with Crippen LogP contribution in [0.25, 0.3) is 176 Å². The molecule has 8 aromatic heterocycles. The summed E-state index contributed by atoms with van der Waals surface area (Å²) in [6.45, 7) is 15.6. The van der Waals surface area contributed by atoms with Gasteiger partial charge in [0.2, 0.25) is 0 Å². The van der Waals surface area contributed by atoms with Gasteiger partial charge in [-0.15, -0.1) is 78.4 Å². The molecular weight excluding hydrogens is 2400 g/mol. The van der Waals surface area contributed by atoms with E-state index in [4.69, 9.17) is 33.7 Å². The van der Waals surface area contributed by atoms with Crippen LogP contribution in [-0.2, 0) is 99.6 Å². The van der Waals surface area contributed by atoms with Gasteiger partial charge in [-0.1, -0.05) is 256 Å². The third-order valence-corrected chi connectivity index (χ3v) is 21.3. The molecule has 0 aliphatic carbocycles. The predicted molar refractivity (Wildman–Crippen MR) is 528 cm³/mol. The number of carbonyl (C=O) groups excluding carboxylic acids is 4. The molecule has 680 valence electrons. The predicted octanol–water partition coefficient (Wildman–Crippen LogP) is 29.7. The minimum Gasteiger partial charge on any atom is -0.512 e. The summed E-state index contributed by atoms with van der Waals surface area (Å²) in [4.78, 5) is 58.4. The number of pyridine rings is 4. The van der Waals surface area contributed by atoms with E-state index in [1.807, 2.05) is 164 Å². The SMILES string of the molecule is CC(=O)C=C(C)O.CC(=O)C=C(C)O.CC(=O)C=C(C)O.CC(=O)C=C(C)O.Cc1ccc(-c2ccnc(-c3[c-]ccc4c3oc3ccccc34)c2)cc1.Cc1cccc2c1oc1c(-c3cc(-c4ccccc4)ccn3)[c-]ccc12.[Ir].[Ir].[Ir].[Ir].[c-]1ccc2c(oc3ccccc32)c1-c1cc(-c2ccccc2)ccn1.[c-]1ccc2c(sc3ccccc32)c1-c1cc(-c2ccccc2)ccn1. The fourth-order valence-electron chi connectivity index (χ4n) is 14.5. The summed E-state index contributed by atoms with van der Waals surface area (Å²) in [6.07, 6.45) is 12.1. The Morgan fingerprint density at radius 1 is 0.284 bits per heavy atom. The molecule has 20 aromatic rings. The monoisotopic (exact) mass is 2500 g/mol. The van der Waals surface area contributed by atoms with E-state index in [1.165, 1.54) is 133 Å². The van der Waals surface area contributed by atoms with Crippen LogP contribution in [0.3, 0.4) is 0 Å². The van der Waals surface area contributed by atoms with Crippen molar-refractivity contribution in [1.82, 2.24) is 19.9 Å². The van der Waals surface area contributed by atoms with Gasteiger partial charge in [-0.05, 0) is 195 Å². The zero-order chi connectivity index (χ0) is 91.7. The van der Waals surface area contributed by atoms with Gasteiger partial charge in [0.05, 0.1) is 39.8 Å². The average Bonchev–Trinajstić information content (AvgIpc) is 1.61. The standard InChI is InChI=1S/2C24H16NO.C23H14NO.C23H14NS.4C5H8O2.4Ir/c1-16-9-11-17(12-10-16)18-13-14-25-22(15-18)21-7-4-6-20-19-5-2-3-8-23(19)26-24(20)21;1-16-7-5-10-19-20-11-6-12-21(24(20)26-23(16)19)22-15-18(13-14-25-22)17-8-3-2-4-9-17;2*1-2-7-16(8-3-1)17-13-14-24-21(15-17)20-11-6-10-19-18-9-4-5-12-22(18)25-23(19)20;4*1-4(6)3-5(2)7;;;;/h2-6,8-15H,1H3;2-11,13-15H,1H3;2*1-10,12-15H;4*3,6H,1-2H3;;;;/q4*-1;;;;;;;;. The fourth-order valence-corrected chi connectivity index (χ4v) is 15.7. The summed E-state index contributed by atoms with van der Waals surface area (Å²) < 4.78 is 21.0. The van der Waals surface area contributed by atoms with Crippen LogP contribution in [0, 0.1) is 38.1 Å². The Morgan fingerprint density at radius 3 is 0.933 bits per heavy atom. The molecule has 0 unspecified atom stereocenters. The van der Waals surface area contributed by atoms with Crippen molar-refractivity contribution in [2.45, 2.75) is 69.2 Å². The van der Waals surface area contributed by atoms with Crippen LogP contribution in [0.5, 0.6) is 0 Å². The number of furan rings is 3. The second-order valence-electron chi connectivity index (χ2n) is 30.5. The number of carbonyl (C=O) groups is 4. The average molecular weight is 2490 g/mol. The molecule has 0 amide bonds. The first-order valence-corrected chi connectivity index (χ1v) is 42.6. The maximum absolute atomic E-state index is 10.0. The van der Waals surface area contributed by atoms with E-state index in [1.54, 1.807) is 0 Å². The third-order valence-electron chi connectivity index (χ3n) is 20.1. The van der Waals surface area contributed by atoms with E-state index in [0.29, 0.717) is 0 Å². The van der Waals surface area contributed by atoms with E-state index in [2.05, 4.69) is 234 Å². The zero-order valence-electron chi connectivity index (χ0n) is 74.7. The molecule has 0 atom stereocenters. The summed E-state index contributed by atoms with van der Waals surface area (Å²) >= 11 is 1.81. The fraction of sp³-hybridized carbons (Fsp3) is 0.0877. The summed E-state index contributed by atoms with van der Waals surface area (Å²) in [6, 6.07) is 117. The van der Waals surface area contributed by atoms with Crippen LogP contribution >= 0.6 is 11.3 Å². The van der Waals surface area contributed by atoms with Gasteiger partial charge < -0.3 is 53.6 Å². The van der Waals surface area contributed by atoms with Gasteiger partial charge >= 0.3 is 0 Å². The maximum atomic E-state index is 10.0. The van der Waals surface area contributed by atoms with E-state index >= 15 is 0 Å². The topological polar surface area (TPSA) is 240 Å². The molecule has 15 nitrogen and oxygen atoms in total. The van der Waals surface area contributed by atoms with Crippen molar-refractivity contribution < 1.29 is 133 Å². The second-order valence-corrected chi connectivity index (χ2v) is 31.6. The number of aromatic nitrogens is 4. The first kappa shape index (κ1) is 104. The number of benzene rings is 12. The summed E-state index contributed by atoms with van der Waals surface area (Å²) in [5, 5.41) is 42.7. The van der Waals surface area contributed by atoms with Crippen molar-refractivity contribution >= 4 is 120 Å². The molecule has 0 saturated heterocycles. The molecule has 20 heteroatoms. The van der Waals surface area contributed by atoms with Crippen LogP contribution in [0.1, 0.15) is 66.5 Å². The van der Waals surface area contributed by atoms with Gasteiger partial charge in [-0.2, -0.15) is 11.3 Å². The normalized spacial score (nSPS) is 10.9. The van der Waals surface area contributed by atoms with Gasteiger partial charge in [-0.3, -0.25) is 19.2 Å². The number of allylic oxidation sites excluding steroid dienone is 8. The number of ketones is 4. The summed E-state index contributed by atoms with van der Waals surface area (Å²) in [7, 11) is 0. The Hall–Kier alpha value is -13.7. The van der Waals surface area contributed by atoms with Gasteiger partial charge in [0.25, 0.3) is 0 Å². The first-order chi connectivity index (χ1) is 62.9. The summed E-state index contributed by atoms with van der Waals surface area (Å²) in [5.74, 6) is -0.250. The molecular formula is C114H92Ir4N4O11S-4. The molecule has 0 saturated carbocycles.